The molecule has 120 valence electrons. The monoisotopic (exact) mass is 312 g/mol. The van der Waals surface area contributed by atoms with Crippen molar-refractivity contribution in [1.82, 2.24) is 15.1 Å². The van der Waals surface area contributed by atoms with Crippen molar-refractivity contribution in [3.63, 3.8) is 0 Å². The lowest BCUT2D eigenvalue weighted by molar-refractivity contribution is -0.118. The standard InChI is InChI=1S/C17H20N4O2/c1-17(2,14-10-19-21(3)11-14)20-15(22)9-6-12-4-7-13(8-5-12)16(18)23/h4-11H,1-3H3,(H2,18,23)(H,20,22)/b9-6+. The van der Waals surface area contributed by atoms with Crippen LogP contribution < -0.4 is 11.1 Å². The number of benzene rings is 1. The van der Waals surface area contributed by atoms with Gasteiger partial charge in [-0.15, -0.1) is 0 Å². The minimum Gasteiger partial charge on any atom is -0.366 e. The van der Waals surface area contributed by atoms with Crippen LogP contribution in [0.2, 0.25) is 0 Å². The number of nitrogens with zero attached hydrogens (tertiary/aromatic N) is 2. The fourth-order valence-electron chi connectivity index (χ4n) is 2.10. The van der Waals surface area contributed by atoms with E-state index < -0.39 is 11.4 Å². The second-order valence-corrected chi connectivity index (χ2v) is 5.84. The number of carbonyl (C=O) groups is 2. The van der Waals surface area contributed by atoms with E-state index in [9.17, 15) is 9.59 Å². The first-order valence-corrected chi connectivity index (χ1v) is 7.17. The molecule has 0 radical (unpaired) electrons. The molecule has 1 aromatic carbocycles. The summed E-state index contributed by atoms with van der Waals surface area (Å²) < 4.78 is 1.69. The molecular formula is C17H20N4O2. The van der Waals surface area contributed by atoms with E-state index in [0.717, 1.165) is 11.1 Å². The topological polar surface area (TPSA) is 90.0 Å². The van der Waals surface area contributed by atoms with Crippen LogP contribution in [0.5, 0.6) is 0 Å². The molecule has 2 rings (SSSR count). The molecule has 0 aliphatic heterocycles. The Balaban J connectivity index is 2.02. The van der Waals surface area contributed by atoms with Crippen LogP contribution in [0, 0.1) is 0 Å². The molecule has 2 aromatic rings. The van der Waals surface area contributed by atoms with Gasteiger partial charge in [0.25, 0.3) is 0 Å². The van der Waals surface area contributed by atoms with Gasteiger partial charge in [0.05, 0.1) is 11.7 Å². The molecule has 1 heterocycles. The fraction of sp³-hybridized carbons (Fsp3) is 0.235. The van der Waals surface area contributed by atoms with Gasteiger partial charge < -0.3 is 11.1 Å². The van der Waals surface area contributed by atoms with Gasteiger partial charge in [-0.1, -0.05) is 12.1 Å². The summed E-state index contributed by atoms with van der Waals surface area (Å²) in [5.74, 6) is -0.686. The zero-order chi connectivity index (χ0) is 17.0. The molecule has 0 saturated carbocycles. The molecule has 0 bridgehead atoms. The largest absolute Gasteiger partial charge is 0.366 e. The Morgan fingerprint density at radius 3 is 2.43 bits per heavy atom. The van der Waals surface area contributed by atoms with Crippen LogP contribution in [0.15, 0.2) is 42.7 Å². The van der Waals surface area contributed by atoms with Gasteiger partial charge in [-0.2, -0.15) is 5.10 Å². The minimum absolute atomic E-state index is 0.210. The summed E-state index contributed by atoms with van der Waals surface area (Å²) in [5, 5.41) is 7.05. The second-order valence-electron chi connectivity index (χ2n) is 5.84. The van der Waals surface area contributed by atoms with E-state index in [1.807, 2.05) is 27.1 Å². The average Bonchev–Trinajstić information content (AvgIpc) is 2.92. The first kappa shape index (κ1) is 16.5. The Kier molecular flexibility index (Phi) is 4.64. The Morgan fingerprint density at radius 2 is 1.91 bits per heavy atom. The highest BCUT2D eigenvalue weighted by atomic mass is 16.1. The first-order valence-electron chi connectivity index (χ1n) is 7.17. The van der Waals surface area contributed by atoms with Crippen molar-refractivity contribution in [3.8, 4) is 0 Å². The normalized spacial score (nSPS) is 11.6. The van der Waals surface area contributed by atoms with E-state index in [2.05, 4.69) is 10.4 Å². The van der Waals surface area contributed by atoms with Gasteiger partial charge >= 0.3 is 0 Å². The van der Waals surface area contributed by atoms with Crippen LogP contribution >= 0.6 is 0 Å². The van der Waals surface area contributed by atoms with Crippen molar-refractivity contribution < 1.29 is 9.59 Å². The maximum absolute atomic E-state index is 12.1. The van der Waals surface area contributed by atoms with Gasteiger partial charge in [-0.05, 0) is 37.6 Å². The number of hydrogen-bond donors (Lipinski definition) is 2. The lowest BCUT2D eigenvalue weighted by Crippen LogP contribution is -2.39. The predicted molar refractivity (Wildman–Crippen MR) is 88.4 cm³/mol. The van der Waals surface area contributed by atoms with Crippen molar-refractivity contribution >= 4 is 17.9 Å². The number of rotatable bonds is 5. The third kappa shape index (κ3) is 4.29. The number of hydrogen-bond acceptors (Lipinski definition) is 3. The summed E-state index contributed by atoms with van der Waals surface area (Å²) in [4.78, 5) is 23.1. The number of nitrogens with two attached hydrogens (primary N) is 1. The molecule has 0 unspecified atom stereocenters. The van der Waals surface area contributed by atoms with Crippen LogP contribution in [0.1, 0.15) is 35.3 Å². The molecule has 0 aliphatic rings. The lowest BCUT2D eigenvalue weighted by Gasteiger charge is -2.24. The SMILES string of the molecule is Cn1cc(C(C)(C)NC(=O)/C=C/c2ccc(C(N)=O)cc2)cn1. The van der Waals surface area contributed by atoms with E-state index in [1.165, 1.54) is 6.08 Å². The molecule has 6 nitrogen and oxygen atoms in total. The molecule has 0 aliphatic carbocycles. The molecule has 0 spiro atoms. The smallest absolute Gasteiger partial charge is 0.248 e. The Labute approximate surface area is 135 Å². The van der Waals surface area contributed by atoms with Crippen LogP contribution in [0.25, 0.3) is 6.08 Å². The summed E-state index contributed by atoms with van der Waals surface area (Å²) in [6.07, 6.45) is 6.73. The molecular weight excluding hydrogens is 292 g/mol. The highest BCUT2D eigenvalue weighted by molar-refractivity contribution is 5.94. The number of carbonyl (C=O) groups excluding carboxylic acids is 2. The van der Waals surface area contributed by atoms with E-state index in [4.69, 9.17) is 5.73 Å². The van der Waals surface area contributed by atoms with Crippen LogP contribution in [0.3, 0.4) is 0 Å². The van der Waals surface area contributed by atoms with Gasteiger partial charge in [-0.3, -0.25) is 14.3 Å². The van der Waals surface area contributed by atoms with Crippen molar-refractivity contribution in [2.45, 2.75) is 19.4 Å². The highest BCUT2D eigenvalue weighted by Gasteiger charge is 2.23. The van der Waals surface area contributed by atoms with Crippen molar-refractivity contribution in [1.29, 1.82) is 0 Å². The number of primary amides is 1. The molecule has 0 fully saturated rings. The van der Waals surface area contributed by atoms with E-state index in [1.54, 1.807) is 41.2 Å². The molecule has 0 saturated heterocycles. The summed E-state index contributed by atoms with van der Waals surface area (Å²) >= 11 is 0. The number of aromatic nitrogens is 2. The Hall–Kier alpha value is -2.89. The highest BCUT2D eigenvalue weighted by Crippen LogP contribution is 2.18. The summed E-state index contributed by atoms with van der Waals surface area (Å²) in [6, 6.07) is 6.71. The second kappa shape index (κ2) is 6.48. The quantitative estimate of drug-likeness (QED) is 0.821. The van der Waals surface area contributed by atoms with E-state index in [0.29, 0.717) is 5.56 Å². The minimum atomic E-state index is -0.522. The van der Waals surface area contributed by atoms with Crippen molar-refractivity contribution in [3.05, 3.63) is 59.4 Å². The van der Waals surface area contributed by atoms with Crippen LogP contribution in [-0.4, -0.2) is 21.6 Å². The van der Waals surface area contributed by atoms with Crippen molar-refractivity contribution in [2.24, 2.45) is 12.8 Å². The zero-order valence-electron chi connectivity index (χ0n) is 13.4. The average molecular weight is 312 g/mol. The van der Waals surface area contributed by atoms with Gasteiger partial charge in [0.2, 0.25) is 11.8 Å². The molecule has 3 N–H and O–H groups in total. The fourth-order valence-corrected chi connectivity index (χ4v) is 2.10. The lowest BCUT2D eigenvalue weighted by atomic mass is 9.98. The van der Waals surface area contributed by atoms with Crippen molar-refractivity contribution in [2.75, 3.05) is 0 Å². The third-order valence-electron chi connectivity index (χ3n) is 3.48. The summed E-state index contributed by atoms with van der Waals surface area (Å²) in [6.45, 7) is 3.83. The molecule has 2 amide bonds. The number of aryl methyl sites for hydroxylation is 1. The predicted octanol–water partition coefficient (Wildman–Crippen LogP) is 1.58. The maximum Gasteiger partial charge on any atom is 0.248 e. The van der Waals surface area contributed by atoms with Crippen LogP contribution in [-0.2, 0) is 17.4 Å². The molecule has 6 heteroatoms. The number of amides is 2. The maximum atomic E-state index is 12.1. The van der Waals surface area contributed by atoms with E-state index >= 15 is 0 Å². The summed E-state index contributed by atoms with van der Waals surface area (Å²) in [5.41, 5.74) is 6.83. The Morgan fingerprint density at radius 1 is 1.26 bits per heavy atom. The van der Waals surface area contributed by atoms with Gasteiger partial charge in [-0.25, -0.2) is 0 Å². The molecule has 0 atom stereocenters. The zero-order valence-corrected chi connectivity index (χ0v) is 13.4. The Bertz CT molecular complexity index is 742. The first-order chi connectivity index (χ1) is 10.8. The summed E-state index contributed by atoms with van der Waals surface area (Å²) in [7, 11) is 1.83. The molecule has 23 heavy (non-hydrogen) atoms. The third-order valence-corrected chi connectivity index (χ3v) is 3.48. The van der Waals surface area contributed by atoms with E-state index in [-0.39, 0.29) is 5.91 Å². The van der Waals surface area contributed by atoms with Gasteiger partial charge in [0.1, 0.15) is 0 Å². The van der Waals surface area contributed by atoms with Crippen LogP contribution in [0.4, 0.5) is 0 Å². The van der Waals surface area contributed by atoms with Gasteiger partial charge in [0, 0.05) is 30.4 Å². The molecule has 1 aromatic heterocycles. The van der Waals surface area contributed by atoms with Gasteiger partial charge in [0.15, 0.2) is 0 Å². The number of nitrogens with one attached hydrogen (secondary N) is 1.